The SMILES string of the molecule is Cc1ccc(C(N)=O)cc1CBr. The monoisotopic (exact) mass is 227 g/mol. The largest absolute Gasteiger partial charge is 0.366 e. The highest BCUT2D eigenvalue weighted by Crippen LogP contribution is 2.13. The van der Waals surface area contributed by atoms with E-state index in [1.165, 1.54) is 0 Å². The van der Waals surface area contributed by atoms with Crippen LogP contribution >= 0.6 is 15.9 Å². The number of hydrogen-bond acceptors (Lipinski definition) is 1. The van der Waals surface area contributed by atoms with Gasteiger partial charge < -0.3 is 5.73 Å². The molecule has 0 bridgehead atoms. The minimum atomic E-state index is -0.378. The summed E-state index contributed by atoms with van der Waals surface area (Å²) in [5.74, 6) is -0.378. The quantitative estimate of drug-likeness (QED) is 0.773. The number of hydrogen-bond donors (Lipinski definition) is 1. The standard InChI is InChI=1S/C9H10BrNO/c1-6-2-3-7(9(11)12)4-8(6)5-10/h2-4H,5H2,1H3,(H2,11,12). The number of primary amides is 1. The smallest absolute Gasteiger partial charge is 0.248 e. The van der Waals surface area contributed by atoms with Gasteiger partial charge in [0.2, 0.25) is 5.91 Å². The number of alkyl halides is 1. The lowest BCUT2D eigenvalue weighted by Gasteiger charge is -2.02. The molecule has 2 nitrogen and oxygen atoms in total. The number of amides is 1. The summed E-state index contributed by atoms with van der Waals surface area (Å²) < 4.78 is 0. The Balaban J connectivity index is 3.13. The zero-order valence-corrected chi connectivity index (χ0v) is 8.39. The molecule has 0 atom stereocenters. The van der Waals surface area contributed by atoms with Gasteiger partial charge in [0.15, 0.2) is 0 Å². The molecule has 0 radical (unpaired) electrons. The molecule has 0 aromatic heterocycles. The van der Waals surface area contributed by atoms with E-state index in [0.29, 0.717) is 5.56 Å². The summed E-state index contributed by atoms with van der Waals surface area (Å²) in [4.78, 5) is 10.8. The van der Waals surface area contributed by atoms with Gasteiger partial charge in [-0.1, -0.05) is 22.0 Å². The van der Waals surface area contributed by atoms with E-state index in [-0.39, 0.29) is 5.91 Å². The summed E-state index contributed by atoms with van der Waals surface area (Å²) in [6.07, 6.45) is 0. The molecule has 0 unspecified atom stereocenters. The van der Waals surface area contributed by atoms with Crippen LogP contribution in [-0.4, -0.2) is 5.91 Å². The van der Waals surface area contributed by atoms with Crippen LogP contribution in [0.2, 0.25) is 0 Å². The Morgan fingerprint density at radius 2 is 2.25 bits per heavy atom. The molecule has 0 heterocycles. The lowest BCUT2D eigenvalue weighted by Crippen LogP contribution is -2.11. The number of carbonyl (C=O) groups excluding carboxylic acids is 1. The number of benzene rings is 1. The van der Waals surface area contributed by atoms with Crippen molar-refractivity contribution in [2.75, 3.05) is 0 Å². The highest BCUT2D eigenvalue weighted by molar-refractivity contribution is 9.08. The van der Waals surface area contributed by atoms with Gasteiger partial charge in [0.05, 0.1) is 0 Å². The highest BCUT2D eigenvalue weighted by atomic mass is 79.9. The first kappa shape index (κ1) is 9.26. The summed E-state index contributed by atoms with van der Waals surface area (Å²) in [6.45, 7) is 2.00. The molecule has 0 aliphatic heterocycles. The fraction of sp³-hybridized carbons (Fsp3) is 0.222. The van der Waals surface area contributed by atoms with Crippen molar-refractivity contribution in [3.05, 3.63) is 34.9 Å². The van der Waals surface area contributed by atoms with Crippen LogP contribution in [0.15, 0.2) is 18.2 Å². The van der Waals surface area contributed by atoms with Crippen molar-refractivity contribution in [3.63, 3.8) is 0 Å². The second-order valence-corrected chi connectivity index (χ2v) is 3.20. The van der Waals surface area contributed by atoms with Gasteiger partial charge in [0, 0.05) is 10.9 Å². The minimum absolute atomic E-state index is 0.378. The van der Waals surface area contributed by atoms with E-state index < -0.39 is 0 Å². The number of aryl methyl sites for hydroxylation is 1. The molecule has 0 saturated heterocycles. The van der Waals surface area contributed by atoms with Crippen molar-refractivity contribution >= 4 is 21.8 Å². The maximum Gasteiger partial charge on any atom is 0.248 e. The first-order valence-electron chi connectivity index (χ1n) is 3.60. The first-order chi connectivity index (χ1) is 5.65. The average Bonchev–Trinajstić information content (AvgIpc) is 2.05. The van der Waals surface area contributed by atoms with Gasteiger partial charge in [-0.3, -0.25) is 4.79 Å². The molecule has 0 aliphatic carbocycles. The average molecular weight is 228 g/mol. The molecule has 0 spiro atoms. The van der Waals surface area contributed by atoms with Gasteiger partial charge >= 0.3 is 0 Å². The van der Waals surface area contributed by atoms with Crippen LogP contribution in [0.4, 0.5) is 0 Å². The fourth-order valence-electron chi connectivity index (χ4n) is 0.969. The van der Waals surface area contributed by atoms with E-state index in [2.05, 4.69) is 15.9 Å². The lowest BCUT2D eigenvalue weighted by molar-refractivity contribution is 0.1000. The van der Waals surface area contributed by atoms with E-state index in [9.17, 15) is 4.79 Å². The topological polar surface area (TPSA) is 43.1 Å². The number of carbonyl (C=O) groups is 1. The zero-order valence-electron chi connectivity index (χ0n) is 6.80. The van der Waals surface area contributed by atoms with Gasteiger partial charge in [0.25, 0.3) is 0 Å². The predicted octanol–water partition coefficient (Wildman–Crippen LogP) is 1.99. The van der Waals surface area contributed by atoms with Crippen LogP contribution in [0.3, 0.4) is 0 Å². The predicted molar refractivity (Wildman–Crippen MR) is 52.3 cm³/mol. The molecule has 1 aromatic rings. The number of nitrogens with two attached hydrogens (primary N) is 1. The summed E-state index contributed by atoms with van der Waals surface area (Å²) in [5, 5.41) is 0.750. The van der Waals surface area contributed by atoms with Gasteiger partial charge in [-0.2, -0.15) is 0 Å². The van der Waals surface area contributed by atoms with Gasteiger partial charge in [-0.15, -0.1) is 0 Å². The molecule has 0 saturated carbocycles. The molecule has 64 valence electrons. The van der Waals surface area contributed by atoms with Crippen molar-refractivity contribution in [1.29, 1.82) is 0 Å². The normalized spacial score (nSPS) is 9.83. The van der Waals surface area contributed by atoms with Crippen LogP contribution in [-0.2, 0) is 5.33 Å². The molecule has 1 aromatic carbocycles. The lowest BCUT2D eigenvalue weighted by atomic mass is 10.1. The Morgan fingerprint density at radius 3 is 2.75 bits per heavy atom. The molecular formula is C9H10BrNO. The van der Waals surface area contributed by atoms with Crippen molar-refractivity contribution in [2.24, 2.45) is 5.73 Å². The zero-order chi connectivity index (χ0) is 9.14. The van der Waals surface area contributed by atoms with E-state index in [1.54, 1.807) is 6.07 Å². The highest BCUT2D eigenvalue weighted by Gasteiger charge is 2.02. The van der Waals surface area contributed by atoms with Crippen molar-refractivity contribution in [3.8, 4) is 0 Å². The molecule has 1 amide bonds. The van der Waals surface area contributed by atoms with Gasteiger partial charge in [-0.05, 0) is 30.2 Å². The van der Waals surface area contributed by atoms with Crippen molar-refractivity contribution in [1.82, 2.24) is 0 Å². The van der Waals surface area contributed by atoms with E-state index in [1.807, 2.05) is 19.1 Å². The molecule has 1 rings (SSSR count). The Labute approximate surface area is 79.9 Å². The van der Waals surface area contributed by atoms with Crippen LogP contribution in [0.5, 0.6) is 0 Å². The second kappa shape index (κ2) is 3.72. The molecule has 12 heavy (non-hydrogen) atoms. The molecule has 0 aliphatic rings. The van der Waals surface area contributed by atoms with E-state index in [4.69, 9.17) is 5.73 Å². The maximum atomic E-state index is 10.8. The third-order valence-electron chi connectivity index (χ3n) is 1.78. The van der Waals surface area contributed by atoms with E-state index >= 15 is 0 Å². The van der Waals surface area contributed by atoms with Crippen LogP contribution < -0.4 is 5.73 Å². The Bertz CT molecular complexity index is 309. The molecule has 3 heteroatoms. The Kier molecular flexibility index (Phi) is 2.87. The van der Waals surface area contributed by atoms with Crippen molar-refractivity contribution < 1.29 is 4.79 Å². The summed E-state index contributed by atoms with van der Waals surface area (Å²) in [7, 11) is 0. The maximum absolute atomic E-state index is 10.8. The third-order valence-corrected chi connectivity index (χ3v) is 2.38. The Morgan fingerprint density at radius 1 is 1.58 bits per heavy atom. The van der Waals surface area contributed by atoms with Crippen LogP contribution in [0.25, 0.3) is 0 Å². The molecular weight excluding hydrogens is 218 g/mol. The van der Waals surface area contributed by atoms with Crippen LogP contribution in [0.1, 0.15) is 21.5 Å². The fourth-order valence-corrected chi connectivity index (χ4v) is 1.57. The first-order valence-corrected chi connectivity index (χ1v) is 4.72. The molecule has 0 fully saturated rings. The second-order valence-electron chi connectivity index (χ2n) is 2.64. The minimum Gasteiger partial charge on any atom is -0.366 e. The van der Waals surface area contributed by atoms with E-state index in [0.717, 1.165) is 16.5 Å². The van der Waals surface area contributed by atoms with Crippen molar-refractivity contribution in [2.45, 2.75) is 12.3 Å². The summed E-state index contributed by atoms with van der Waals surface area (Å²) in [6, 6.07) is 5.45. The van der Waals surface area contributed by atoms with Gasteiger partial charge in [0.1, 0.15) is 0 Å². The number of halogens is 1. The summed E-state index contributed by atoms with van der Waals surface area (Å²) in [5.41, 5.74) is 7.96. The van der Waals surface area contributed by atoms with Crippen LogP contribution in [0, 0.1) is 6.92 Å². The summed E-state index contributed by atoms with van der Waals surface area (Å²) >= 11 is 3.34. The number of rotatable bonds is 2. The Hall–Kier alpha value is -0.830. The third kappa shape index (κ3) is 1.85. The molecule has 2 N–H and O–H groups in total. The van der Waals surface area contributed by atoms with Gasteiger partial charge in [-0.25, -0.2) is 0 Å².